The summed E-state index contributed by atoms with van der Waals surface area (Å²) in [5.74, 6) is -0.927. The second-order valence-corrected chi connectivity index (χ2v) is 4.47. The van der Waals surface area contributed by atoms with Crippen LogP contribution in [0.3, 0.4) is 0 Å². The van der Waals surface area contributed by atoms with Crippen LogP contribution >= 0.6 is 12.2 Å². The number of hydrogen-bond donors (Lipinski definition) is 2. The normalized spacial score (nSPS) is 10.2. The fourth-order valence-corrected chi connectivity index (χ4v) is 1.80. The molecule has 0 heterocycles. The summed E-state index contributed by atoms with van der Waals surface area (Å²) >= 11 is 4.77. The van der Waals surface area contributed by atoms with Crippen molar-refractivity contribution in [2.75, 3.05) is 12.4 Å². The van der Waals surface area contributed by atoms with Crippen molar-refractivity contribution in [1.29, 1.82) is 0 Å². The number of nitrogens with one attached hydrogen (secondary N) is 1. The van der Waals surface area contributed by atoms with Crippen LogP contribution in [0.15, 0.2) is 36.4 Å². The lowest BCUT2D eigenvalue weighted by molar-refractivity contribution is 0.386. The zero-order valence-electron chi connectivity index (χ0n) is 10.6. The largest absolute Gasteiger partial charge is 0.494 e. The molecule has 0 saturated heterocycles. The molecule has 0 amide bonds. The Morgan fingerprint density at radius 1 is 1.15 bits per heavy atom. The van der Waals surface area contributed by atoms with E-state index < -0.39 is 11.6 Å². The smallest absolute Gasteiger partial charge is 0.167 e. The van der Waals surface area contributed by atoms with Gasteiger partial charge in [0.2, 0.25) is 0 Å². The Labute approximate surface area is 120 Å². The van der Waals surface area contributed by atoms with E-state index in [0.717, 1.165) is 0 Å². The Morgan fingerprint density at radius 3 is 2.45 bits per heavy atom. The lowest BCUT2D eigenvalue weighted by Crippen LogP contribution is -2.09. The van der Waals surface area contributed by atoms with Crippen LogP contribution in [0.1, 0.15) is 5.56 Å². The average molecular weight is 294 g/mol. The monoisotopic (exact) mass is 294 g/mol. The van der Waals surface area contributed by atoms with Crippen molar-refractivity contribution in [1.82, 2.24) is 0 Å². The van der Waals surface area contributed by atoms with E-state index in [4.69, 9.17) is 22.7 Å². The topological polar surface area (TPSA) is 47.3 Å². The van der Waals surface area contributed by atoms with Crippen LogP contribution in [0.25, 0.3) is 0 Å². The molecule has 104 valence electrons. The summed E-state index contributed by atoms with van der Waals surface area (Å²) in [6.45, 7) is 0. The van der Waals surface area contributed by atoms with Gasteiger partial charge in [-0.15, -0.1) is 0 Å². The number of benzene rings is 2. The van der Waals surface area contributed by atoms with Gasteiger partial charge in [0.05, 0.1) is 12.8 Å². The Balaban J connectivity index is 2.26. The molecule has 0 radical (unpaired) electrons. The molecule has 20 heavy (non-hydrogen) atoms. The maximum atomic E-state index is 13.8. The molecule has 3 N–H and O–H groups in total. The molecule has 0 fully saturated rings. The highest BCUT2D eigenvalue weighted by atomic mass is 32.1. The standard InChI is InChI=1S/C14H12F2N2OS/c1-19-13-5-3-9(7-11(13)16)18-12-4-2-8(14(17)20)6-10(12)15/h2-7,18H,1H3,(H2,17,20). The fourth-order valence-electron chi connectivity index (χ4n) is 1.67. The van der Waals surface area contributed by atoms with Crippen LogP contribution in [-0.4, -0.2) is 12.1 Å². The molecular weight excluding hydrogens is 282 g/mol. The van der Waals surface area contributed by atoms with Crippen LogP contribution in [0.2, 0.25) is 0 Å². The molecule has 0 bridgehead atoms. The second-order valence-electron chi connectivity index (χ2n) is 4.03. The minimum Gasteiger partial charge on any atom is -0.494 e. The summed E-state index contributed by atoms with van der Waals surface area (Å²) < 4.78 is 32.2. The third kappa shape index (κ3) is 3.03. The minimum absolute atomic E-state index is 0.117. The number of anilines is 2. The molecule has 0 aromatic heterocycles. The third-order valence-corrected chi connectivity index (χ3v) is 2.92. The lowest BCUT2D eigenvalue weighted by Gasteiger charge is -2.10. The van der Waals surface area contributed by atoms with E-state index in [2.05, 4.69) is 5.32 Å². The Hall–Kier alpha value is -2.21. The maximum Gasteiger partial charge on any atom is 0.167 e. The molecule has 2 aromatic carbocycles. The molecule has 2 aromatic rings. The van der Waals surface area contributed by atoms with Crippen molar-refractivity contribution in [3.8, 4) is 5.75 Å². The molecule has 3 nitrogen and oxygen atoms in total. The zero-order valence-corrected chi connectivity index (χ0v) is 11.4. The third-order valence-electron chi connectivity index (χ3n) is 2.68. The fraction of sp³-hybridized carbons (Fsp3) is 0.0714. The molecule has 0 saturated carbocycles. The van der Waals surface area contributed by atoms with Gasteiger partial charge in [0.25, 0.3) is 0 Å². The Bertz CT molecular complexity index is 662. The van der Waals surface area contributed by atoms with Crippen molar-refractivity contribution in [2.45, 2.75) is 0 Å². The molecule has 0 atom stereocenters. The van der Waals surface area contributed by atoms with Gasteiger partial charge in [-0.05, 0) is 30.3 Å². The minimum atomic E-state index is -0.530. The predicted molar refractivity (Wildman–Crippen MR) is 78.5 cm³/mol. The van der Waals surface area contributed by atoms with Crippen molar-refractivity contribution in [3.05, 3.63) is 53.6 Å². The van der Waals surface area contributed by atoms with Crippen molar-refractivity contribution >= 4 is 28.6 Å². The van der Waals surface area contributed by atoms with Crippen LogP contribution in [0.4, 0.5) is 20.2 Å². The quantitative estimate of drug-likeness (QED) is 0.849. The van der Waals surface area contributed by atoms with E-state index in [0.29, 0.717) is 11.3 Å². The Kier molecular flexibility index (Phi) is 4.14. The zero-order chi connectivity index (χ0) is 14.7. The SMILES string of the molecule is COc1ccc(Nc2ccc(C(N)=S)cc2F)cc1F. The number of hydrogen-bond acceptors (Lipinski definition) is 3. The van der Waals surface area contributed by atoms with Crippen LogP contribution in [0.5, 0.6) is 5.75 Å². The van der Waals surface area contributed by atoms with Gasteiger partial charge in [-0.25, -0.2) is 8.78 Å². The summed E-state index contributed by atoms with van der Waals surface area (Å²) in [7, 11) is 1.37. The molecule has 6 heteroatoms. The second kappa shape index (κ2) is 5.83. The van der Waals surface area contributed by atoms with Crippen molar-refractivity contribution in [2.24, 2.45) is 5.73 Å². The first-order chi connectivity index (χ1) is 9.51. The van der Waals surface area contributed by atoms with Crippen molar-refractivity contribution < 1.29 is 13.5 Å². The first-order valence-corrected chi connectivity index (χ1v) is 6.12. The van der Waals surface area contributed by atoms with E-state index in [-0.39, 0.29) is 16.4 Å². The van der Waals surface area contributed by atoms with Crippen LogP contribution in [0, 0.1) is 11.6 Å². The van der Waals surface area contributed by atoms with E-state index in [9.17, 15) is 8.78 Å². The van der Waals surface area contributed by atoms with E-state index in [1.54, 1.807) is 12.1 Å². The summed E-state index contributed by atoms with van der Waals surface area (Å²) in [6, 6.07) is 8.58. The molecule has 2 rings (SSSR count). The number of nitrogens with two attached hydrogens (primary N) is 1. The van der Waals surface area contributed by atoms with E-state index >= 15 is 0 Å². The average Bonchev–Trinajstić information content (AvgIpc) is 2.41. The summed E-state index contributed by atoms with van der Waals surface area (Å²) in [5.41, 5.74) is 6.46. The predicted octanol–water partition coefficient (Wildman–Crippen LogP) is 3.35. The molecular formula is C14H12F2N2OS. The molecule has 0 aliphatic rings. The van der Waals surface area contributed by atoms with Gasteiger partial charge in [-0.2, -0.15) is 0 Å². The Morgan fingerprint density at radius 2 is 1.90 bits per heavy atom. The summed E-state index contributed by atoms with van der Waals surface area (Å²) in [5, 5.41) is 2.78. The van der Waals surface area contributed by atoms with Crippen LogP contribution in [-0.2, 0) is 0 Å². The number of rotatable bonds is 4. The van der Waals surface area contributed by atoms with Crippen molar-refractivity contribution in [3.63, 3.8) is 0 Å². The molecule has 0 aliphatic carbocycles. The molecule has 0 aliphatic heterocycles. The van der Waals surface area contributed by atoms with Gasteiger partial charge >= 0.3 is 0 Å². The van der Waals surface area contributed by atoms with E-state index in [1.807, 2.05) is 0 Å². The number of ether oxygens (including phenoxy) is 1. The maximum absolute atomic E-state index is 13.8. The van der Waals surface area contributed by atoms with Gasteiger partial charge in [-0.1, -0.05) is 12.2 Å². The number of methoxy groups -OCH3 is 1. The summed E-state index contributed by atoms with van der Waals surface area (Å²) in [4.78, 5) is 0.117. The first-order valence-electron chi connectivity index (χ1n) is 5.71. The first kappa shape index (κ1) is 14.2. The van der Waals surface area contributed by atoms with E-state index in [1.165, 1.54) is 31.4 Å². The van der Waals surface area contributed by atoms with Crippen LogP contribution < -0.4 is 15.8 Å². The molecule has 0 unspecified atom stereocenters. The number of halogens is 2. The van der Waals surface area contributed by atoms with Gasteiger partial charge < -0.3 is 15.8 Å². The summed E-state index contributed by atoms with van der Waals surface area (Å²) in [6.07, 6.45) is 0. The van der Waals surface area contributed by atoms with Gasteiger partial charge in [0.15, 0.2) is 11.6 Å². The lowest BCUT2D eigenvalue weighted by atomic mass is 10.2. The number of thiocarbonyl (C=S) groups is 1. The highest BCUT2D eigenvalue weighted by molar-refractivity contribution is 7.80. The highest BCUT2D eigenvalue weighted by Gasteiger charge is 2.08. The van der Waals surface area contributed by atoms with Gasteiger partial charge in [0, 0.05) is 17.3 Å². The van der Waals surface area contributed by atoms with Gasteiger partial charge in [-0.3, -0.25) is 0 Å². The van der Waals surface area contributed by atoms with Gasteiger partial charge in [0.1, 0.15) is 10.8 Å². The molecule has 0 spiro atoms. The highest BCUT2D eigenvalue weighted by Crippen LogP contribution is 2.25.